The summed E-state index contributed by atoms with van der Waals surface area (Å²) in [4.78, 5) is 0. The van der Waals surface area contributed by atoms with Crippen LogP contribution in [0.4, 0.5) is 0 Å². The molecule has 21 heavy (non-hydrogen) atoms. The largest absolute Gasteiger partial charge is 0.490 e. The molecule has 0 saturated carbocycles. The van der Waals surface area contributed by atoms with Crippen molar-refractivity contribution in [2.75, 3.05) is 6.61 Å². The number of ether oxygens (including phenoxy) is 2. The highest BCUT2D eigenvalue weighted by molar-refractivity contribution is 5.46. The Kier molecular flexibility index (Phi) is 5.22. The van der Waals surface area contributed by atoms with Crippen LogP contribution in [-0.2, 0) is 13.0 Å². The molecule has 0 saturated heterocycles. The van der Waals surface area contributed by atoms with E-state index >= 15 is 0 Å². The predicted octanol–water partition coefficient (Wildman–Crippen LogP) is 4.10. The number of aryl methyl sites for hydroxylation is 1. The Labute approximate surface area is 125 Å². The first-order valence-electron chi connectivity index (χ1n) is 7.14. The smallest absolute Gasteiger partial charge is 0.162 e. The highest BCUT2D eigenvalue weighted by Crippen LogP contribution is 2.29. The van der Waals surface area contributed by atoms with Gasteiger partial charge in [-0.05, 0) is 36.6 Å². The number of rotatable bonds is 6. The summed E-state index contributed by atoms with van der Waals surface area (Å²) in [6, 6.07) is 15.7. The normalized spacial score (nSPS) is 9.95. The van der Waals surface area contributed by atoms with Gasteiger partial charge in [-0.15, -0.1) is 0 Å². The van der Waals surface area contributed by atoms with E-state index in [0.29, 0.717) is 30.3 Å². The zero-order valence-corrected chi connectivity index (χ0v) is 12.4. The van der Waals surface area contributed by atoms with Crippen molar-refractivity contribution in [1.82, 2.24) is 0 Å². The van der Waals surface area contributed by atoms with Crippen molar-refractivity contribution < 1.29 is 9.47 Å². The molecule has 0 fully saturated rings. The number of benzene rings is 2. The zero-order valence-electron chi connectivity index (χ0n) is 12.4. The lowest BCUT2D eigenvalue weighted by Gasteiger charge is -2.12. The van der Waals surface area contributed by atoms with Crippen LogP contribution in [0.15, 0.2) is 42.5 Å². The van der Waals surface area contributed by atoms with Gasteiger partial charge in [0.15, 0.2) is 11.5 Å². The maximum atomic E-state index is 8.93. The molecule has 0 aliphatic carbocycles. The molecule has 0 heterocycles. The van der Waals surface area contributed by atoms with Crippen LogP contribution in [0.3, 0.4) is 0 Å². The van der Waals surface area contributed by atoms with E-state index in [1.54, 1.807) is 18.2 Å². The van der Waals surface area contributed by atoms with E-state index in [2.05, 4.69) is 37.3 Å². The van der Waals surface area contributed by atoms with Crippen molar-refractivity contribution in [2.45, 2.75) is 26.9 Å². The van der Waals surface area contributed by atoms with E-state index < -0.39 is 0 Å². The van der Waals surface area contributed by atoms with Gasteiger partial charge in [-0.2, -0.15) is 5.26 Å². The predicted molar refractivity (Wildman–Crippen MR) is 82.5 cm³/mol. The van der Waals surface area contributed by atoms with Crippen LogP contribution in [0.25, 0.3) is 0 Å². The number of nitrogens with zero attached hydrogens (tertiary/aromatic N) is 1. The summed E-state index contributed by atoms with van der Waals surface area (Å²) in [5.74, 6) is 1.28. The van der Waals surface area contributed by atoms with E-state index in [-0.39, 0.29) is 0 Å². The van der Waals surface area contributed by atoms with Crippen molar-refractivity contribution in [3.63, 3.8) is 0 Å². The molecule has 0 unspecified atom stereocenters. The van der Waals surface area contributed by atoms with Crippen LogP contribution >= 0.6 is 0 Å². The molecule has 2 aromatic rings. The molecule has 3 nitrogen and oxygen atoms in total. The molecule has 2 aromatic carbocycles. The first-order valence-corrected chi connectivity index (χ1v) is 7.14. The van der Waals surface area contributed by atoms with Gasteiger partial charge in [0.1, 0.15) is 6.61 Å². The van der Waals surface area contributed by atoms with Gasteiger partial charge in [0.2, 0.25) is 0 Å². The maximum absolute atomic E-state index is 8.93. The standard InChI is InChI=1S/C18H19NO2/c1-3-14-5-7-15(8-6-14)13-21-17-10-9-16(12-19)11-18(17)20-4-2/h5-11H,3-4,13H2,1-2H3. The molecule has 0 bridgehead atoms. The lowest BCUT2D eigenvalue weighted by atomic mass is 10.1. The minimum absolute atomic E-state index is 0.482. The Morgan fingerprint density at radius 3 is 2.24 bits per heavy atom. The van der Waals surface area contributed by atoms with Gasteiger partial charge < -0.3 is 9.47 Å². The van der Waals surface area contributed by atoms with E-state index in [1.165, 1.54) is 5.56 Å². The number of hydrogen-bond donors (Lipinski definition) is 0. The quantitative estimate of drug-likeness (QED) is 0.800. The molecule has 0 spiro atoms. The van der Waals surface area contributed by atoms with Crippen LogP contribution in [0, 0.1) is 11.3 Å². The Bertz CT molecular complexity index is 627. The summed E-state index contributed by atoms with van der Waals surface area (Å²) in [6.45, 7) is 5.06. The fourth-order valence-electron chi connectivity index (χ4n) is 2.00. The van der Waals surface area contributed by atoms with E-state index in [9.17, 15) is 0 Å². The second kappa shape index (κ2) is 7.35. The lowest BCUT2D eigenvalue weighted by Crippen LogP contribution is -2.00. The first-order chi connectivity index (χ1) is 10.3. The Morgan fingerprint density at radius 1 is 0.905 bits per heavy atom. The summed E-state index contributed by atoms with van der Waals surface area (Å²) in [6.07, 6.45) is 1.03. The van der Waals surface area contributed by atoms with Gasteiger partial charge in [0.25, 0.3) is 0 Å². The third-order valence-electron chi connectivity index (χ3n) is 3.20. The van der Waals surface area contributed by atoms with Crippen LogP contribution in [0.1, 0.15) is 30.5 Å². The average molecular weight is 281 g/mol. The number of nitriles is 1. The van der Waals surface area contributed by atoms with Gasteiger partial charge in [-0.25, -0.2) is 0 Å². The molecule has 0 aliphatic rings. The van der Waals surface area contributed by atoms with Gasteiger partial charge in [-0.3, -0.25) is 0 Å². The second-order valence-corrected chi connectivity index (χ2v) is 4.67. The second-order valence-electron chi connectivity index (χ2n) is 4.67. The summed E-state index contributed by atoms with van der Waals surface area (Å²) in [7, 11) is 0. The van der Waals surface area contributed by atoms with Crippen molar-refractivity contribution in [3.05, 3.63) is 59.2 Å². The topological polar surface area (TPSA) is 42.2 Å². The molecular formula is C18H19NO2. The molecule has 0 amide bonds. The van der Waals surface area contributed by atoms with Gasteiger partial charge >= 0.3 is 0 Å². The molecule has 3 heteroatoms. The van der Waals surface area contributed by atoms with Crippen LogP contribution in [-0.4, -0.2) is 6.61 Å². The SMILES string of the molecule is CCOc1cc(C#N)ccc1OCc1ccc(CC)cc1. The van der Waals surface area contributed by atoms with Gasteiger partial charge in [0, 0.05) is 6.07 Å². The lowest BCUT2D eigenvalue weighted by molar-refractivity contribution is 0.269. The summed E-state index contributed by atoms with van der Waals surface area (Å²) < 4.78 is 11.3. The molecule has 2 rings (SSSR count). The van der Waals surface area contributed by atoms with Crippen LogP contribution < -0.4 is 9.47 Å². The minimum atomic E-state index is 0.482. The Balaban J connectivity index is 2.09. The van der Waals surface area contributed by atoms with Crippen molar-refractivity contribution >= 4 is 0 Å². The molecular weight excluding hydrogens is 262 g/mol. The van der Waals surface area contributed by atoms with Crippen LogP contribution in [0.2, 0.25) is 0 Å². The summed E-state index contributed by atoms with van der Waals surface area (Å²) >= 11 is 0. The fourth-order valence-corrected chi connectivity index (χ4v) is 2.00. The van der Waals surface area contributed by atoms with Gasteiger partial charge in [0.05, 0.1) is 18.2 Å². The van der Waals surface area contributed by atoms with Crippen LogP contribution in [0.5, 0.6) is 11.5 Å². The summed E-state index contributed by atoms with van der Waals surface area (Å²) in [5.41, 5.74) is 2.99. The third kappa shape index (κ3) is 4.00. The van der Waals surface area contributed by atoms with E-state index in [1.807, 2.05) is 6.92 Å². The van der Waals surface area contributed by atoms with E-state index in [4.69, 9.17) is 14.7 Å². The van der Waals surface area contributed by atoms with Crippen molar-refractivity contribution in [3.8, 4) is 17.6 Å². The Hall–Kier alpha value is -2.47. The first kappa shape index (κ1) is 14.9. The average Bonchev–Trinajstić information content (AvgIpc) is 2.54. The Morgan fingerprint density at radius 2 is 1.62 bits per heavy atom. The highest BCUT2D eigenvalue weighted by atomic mass is 16.5. The van der Waals surface area contributed by atoms with Crippen molar-refractivity contribution in [2.24, 2.45) is 0 Å². The summed E-state index contributed by atoms with van der Waals surface area (Å²) in [5, 5.41) is 8.93. The third-order valence-corrected chi connectivity index (χ3v) is 3.20. The monoisotopic (exact) mass is 281 g/mol. The molecule has 0 radical (unpaired) electrons. The molecule has 0 aromatic heterocycles. The highest BCUT2D eigenvalue weighted by Gasteiger charge is 2.07. The fraction of sp³-hybridized carbons (Fsp3) is 0.278. The van der Waals surface area contributed by atoms with Crippen molar-refractivity contribution in [1.29, 1.82) is 5.26 Å². The minimum Gasteiger partial charge on any atom is -0.490 e. The zero-order chi connectivity index (χ0) is 15.1. The molecule has 108 valence electrons. The maximum Gasteiger partial charge on any atom is 0.162 e. The number of hydrogen-bond acceptors (Lipinski definition) is 3. The van der Waals surface area contributed by atoms with Gasteiger partial charge in [-0.1, -0.05) is 31.2 Å². The molecule has 0 aliphatic heterocycles. The van der Waals surface area contributed by atoms with E-state index in [0.717, 1.165) is 12.0 Å². The molecule has 0 N–H and O–H groups in total. The molecule has 0 atom stereocenters.